The monoisotopic (exact) mass is 379 g/mol. The number of amides is 1. The number of aromatic nitrogens is 4. The second kappa shape index (κ2) is 6.89. The number of pyridine rings is 1. The van der Waals surface area contributed by atoms with E-state index in [-0.39, 0.29) is 11.6 Å². The van der Waals surface area contributed by atoms with Gasteiger partial charge in [0, 0.05) is 17.6 Å². The van der Waals surface area contributed by atoms with Crippen LogP contribution in [0.15, 0.2) is 54.7 Å². The van der Waals surface area contributed by atoms with Gasteiger partial charge >= 0.3 is 0 Å². The highest BCUT2D eigenvalue weighted by molar-refractivity contribution is 6.37. The van der Waals surface area contributed by atoms with Gasteiger partial charge in [-0.15, -0.1) is 0 Å². The zero-order valence-corrected chi connectivity index (χ0v) is 15.7. The number of halogens is 1. The molecule has 0 spiro atoms. The van der Waals surface area contributed by atoms with Crippen molar-refractivity contribution in [1.82, 2.24) is 19.4 Å². The van der Waals surface area contributed by atoms with Crippen LogP contribution >= 0.6 is 11.6 Å². The third-order valence-corrected chi connectivity index (χ3v) is 4.69. The highest BCUT2D eigenvalue weighted by Crippen LogP contribution is 2.23. The van der Waals surface area contributed by atoms with Crippen molar-refractivity contribution in [1.29, 1.82) is 0 Å². The molecule has 0 atom stereocenters. The number of carbonyl (C=O) groups is 1. The Morgan fingerprint density at radius 2 is 1.96 bits per heavy atom. The van der Waals surface area contributed by atoms with Gasteiger partial charge in [-0.1, -0.05) is 29.8 Å². The van der Waals surface area contributed by atoms with Gasteiger partial charge in [0.15, 0.2) is 5.69 Å². The molecule has 3 aromatic heterocycles. The molecule has 0 fully saturated rings. The van der Waals surface area contributed by atoms with Crippen molar-refractivity contribution in [2.24, 2.45) is 0 Å². The largest absolute Gasteiger partial charge is 0.321 e. The van der Waals surface area contributed by atoms with E-state index in [4.69, 9.17) is 11.6 Å². The van der Waals surface area contributed by atoms with Crippen LogP contribution in [-0.4, -0.2) is 25.3 Å². The molecule has 0 saturated heterocycles. The Balaban J connectivity index is 1.56. The van der Waals surface area contributed by atoms with E-state index >= 15 is 0 Å². The van der Waals surface area contributed by atoms with Crippen LogP contribution in [0, 0.1) is 13.8 Å². The molecular formula is C20H18ClN5O. The number of benzene rings is 1. The lowest BCUT2D eigenvalue weighted by Gasteiger charge is -2.08. The van der Waals surface area contributed by atoms with Gasteiger partial charge in [-0.05, 0) is 49.7 Å². The average Bonchev–Trinajstić information content (AvgIpc) is 3.14. The summed E-state index contributed by atoms with van der Waals surface area (Å²) in [7, 11) is 0. The molecule has 1 N–H and O–H groups in total. The average molecular weight is 380 g/mol. The SMILES string of the molecule is Cc1cc(C)n(Cc2cccc(NC(=O)c3nn4ccccc4c3Cl)c2)n1. The molecule has 136 valence electrons. The van der Waals surface area contributed by atoms with Crippen LogP contribution in [0.5, 0.6) is 0 Å². The minimum atomic E-state index is -0.341. The second-order valence-electron chi connectivity index (χ2n) is 6.43. The number of hydrogen-bond donors (Lipinski definition) is 1. The van der Waals surface area contributed by atoms with Gasteiger partial charge in [-0.3, -0.25) is 9.48 Å². The van der Waals surface area contributed by atoms with E-state index in [1.54, 1.807) is 10.7 Å². The first-order valence-electron chi connectivity index (χ1n) is 8.55. The molecule has 7 heteroatoms. The van der Waals surface area contributed by atoms with Crippen LogP contribution in [-0.2, 0) is 6.54 Å². The highest BCUT2D eigenvalue weighted by Gasteiger charge is 2.18. The first kappa shape index (κ1) is 17.3. The Hall–Kier alpha value is -3.12. The van der Waals surface area contributed by atoms with Crippen LogP contribution in [0.1, 0.15) is 27.4 Å². The summed E-state index contributed by atoms with van der Waals surface area (Å²) < 4.78 is 3.53. The molecule has 0 saturated carbocycles. The number of nitrogens with one attached hydrogen (secondary N) is 1. The summed E-state index contributed by atoms with van der Waals surface area (Å²) in [6, 6.07) is 15.2. The molecule has 4 rings (SSSR count). The number of hydrogen-bond acceptors (Lipinski definition) is 3. The van der Waals surface area contributed by atoms with E-state index in [0.717, 1.165) is 17.0 Å². The van der Waals surface area contributed by atoms with E-state index in [9.17, 15) is 4.79 Å². The predicted molar refractivity (Wildman–Crippen MR) is 105 cm³/mol. The van der Waals surface area contributed by atoms with E-state index in [0.29, 0.717) is 22.8 Å². The molecule has 0 aliphatic heterocycles. The summed E-state index contributed by atoms with van der Waals surface area (Å²) in [6.07, 6.45) is 1.76. The molecule has 1 aromatic carbocycles. The Labute approximate surface area is 161 Å². The Morgan fingerprint density at radius 3 is 2.70 bits per heavy atom. The zero-order valence-electron chi connectivity index (χ0n) is 15.0. The number of aryl methyl sites for hydroxylation is 2. The second-order valence-corrected chi connectivity index (χ2v) is 6.81. The summed E-state index contributed by atoms with van der Waals surface area (Å²) in [6.45, 7) is 4.63. The summed E-state index contributed by atoms with van der Waals surface area (Å²) >= 11 is 6.32. The third kappa shape index (κ3) is 3.44. The van der Waals surface area contributed by atoms with Gasteiger partial charge in [0.05, 0.1) is 22.8 Å². The zero-order chi connectivity index (χ0) is 19.0. The first-order chi connectivity index (χ1) is 13.0. The molecule has 0 radical (unpaired) electrons. The first-order valence-corrected chi connectivity index (χ1v) is 8.93. The lowest BCUT2D eigenvalue weighted by Crippen LogP contribution is -2.13. The fourth-order valence-electron chi connectivity index (χ4n) is 3.06. The molecule has 0 bridgehead atoms. The normalized spacial score (nSPS) is 11.1. The standard InChI is InChI=1S/C20H18ClN5O/c1-13-10-14(2)26(23-13)12-15-6-5-7-16(11-15)22-20(27)19-18(21)17-8-3-4-9-25(17)24-19/h3-11H,12H2,1-2H3,(H,22,27). The quantitative estimate of drug-likeness (QED) is 0.580. The third-order valence-electron chi connectivity index (χ3n) is 4.32. The maximum absolute atomic E-state index is 12.6. The van der Waals surface area contributed by atoms with E-state index in [1.165, 1.54) is 0 Å². The minimum absolute atomic E-state index is 0.201. The molecule has 1 amide bonds. The molecule has 3 heterocycles. The predicted octanol–water partition coefficient (Wildman–Crippen LogP) is 4.10. The van der Waals surface area contributed by atoms with Gasteiger partial charge in [0.2, 0.25) is 0 Å². The van der Waals surface area contributed by atoms with Crippen molar-refractivity contribution in [3.8, 4) is 0 Å². The number of fused-ring (bicyclic) bond motifs is 1. The molecule has 27 heavy (non-hydrogen) atoms. The van der Waals surface area contributed by atoms with Crippen LogP contribution < -0.4 is 5.32 Å². The van der Waals surface area contributed by atoms with Crippen LogP contribution in [0.25, 0.3) is 5.52 Å². The maximum atomic E-state index is 12.6. The van der Waals surface area contributed by atoms with Crippen LogP contribution in [0.2, 0.25) is 5.02 Å². The van der Waals surface area contributed by atoms with E-state index < -0.39 is 0 Å². The Morgan fingerprint density at radius 1 is 1.11 bits per heavy atom. The molecular weight excluding hydrogens is 362 g/mol. The Bertz CT molecular complexity index is 1140. The van der Waals surface area contributed by atoms with Crippen molar-refractivity contribution in [2.45, 2.75) is 20.4 Å². The summed E-state index contributed by atoms with van der Waals surface area (Å²) in [5.41, 5.74) is 4.71. The maximum Gasteiger partial charge on any atom is 0.277 e. The van der Waals surface area contributed by atoms with Crippen molar-refractivity contribution in [3.05, 3.63) is 82.4 Å². The molecule has 0 aliphatic carbocycles. The van der Waals surface area contributed by atoms with Crippen molar-refractivity contribution < 1.29 is 4.79 Å². The van der Waals surface area contributed by atoms with Crippen molar-refractivity contribution in [2.75, 3.05) is 5.32 Å². The number of nitrogens with zero attached hydrogens (tertiary/aromatic N) is 4. The lowest BCUT2D eigenvalue weighted by molar-refractivity contribution is 0.102. The summed E-state index contributed by atoms with van der Waals surface area (Å²) in [5, 5.41) is 12.0. The van der Waals surface area contributed by atoms with Gasteiger partial charge in [-0.2, -0.15) is 10.2 Å². The van der Waals surface area contributed by atoms with Gasteiger partial charge < -0.3 is 5.32 Å². The molecule has 6 nitrogen and oxygen atoms in total. The van der Waals surface area contributed by atoms with Crippen molar-refractivity contribution in [3.63, 3.8) is 0 Å². The number of anilines is 1. The topological polar surface area (TPSA) is 64.2 Å². The van der Waals surface area contributed by atoms with Gasteiger partial charge in [0.25, 0.3) is 5.91 Å². The molecule has 4 aromatic rings. The van der Waals surface area contributed by atoms with Crippen molar-refractivity contribution >= 4 is 28.7 Å². The highest BCUT2D eigenvalue weighted by atomic mass is 35.5. The fraction of sp³-hybridized carbons (Fsp3) is 0.150. The number of rotatable bonds is 4. The van der Waals surface area contributed by atoms with E-state index in [1.807, 2.05) is 67.1 Å². The fourth-order valence-corrected chi connectivity index (χ4v) is 3.33. The van der Waals surface area contributed by atoms with Crippen LogP contribution in [0.4, 0.5) is 5.69 Å². The lowest BCUT2D eigenvalue weighted by atomic mass is 10.2. The molecule has 0 aliphatic rings. The van der Waals surface area contributed by atoms with Crippen LogP contribution in [0.3, 0.4) is 0 Å². The smallest absolute Gasteiger partial charge is 0.277 e. The summed E-state index contributed by atoms with van der Waals surface area (Å²) in [4.78, 5) is 12.6. The molecule has 0 unspecified atom stereocenters. The van der Waals surface area contributed by atoms with E-state index in [2.05, 4.69) is 15.5 Å². The van der Waals surface area contributed by atoms with Gasteiger partial charge in [0.1, 0.15) is 0 Å². The Kier molecular flexibility index (Phi) is 4.41. The summed E-state index contributed by atoms with van der Waals surface area (Å²) in [5.74, 6) is -0.341. The minimum Gasteiger partial charge on any atom is -0.321 e. The van der Waals surface area contributed by atoms with Gasteiger partial charge in [-0.25, -0.2) is 4.52 Å². The number of carbonyl (C=O) groups excluding carboxylic acids is 1.